The van der Waals surface area contributed by atoms with Crippen molar-refractivity contribution in [2.75, 3.05) is 12.9 Å². The SMILES string of the molecule is CC(C)(CO)n1cc(S(C)(=O)=O)cn1. The lowest BCUT2D eigenvalue weighted by Crippen LogP contribution is -2.30. The molecule has 0 aliphatic rings. The van der Waals surface area contributed by atoms with Crippen LogP contribution in [0.3, 0.4) is 0 Å². The summed E-state index contributed by atoms with van der Waals surface area (Å²) < 4.78 is 23.7. The maximum Gasteiger partial charge on any atom is 0.178 e. The molecule has 1 aromatic rings. The van der Waals surface area contributed by atoms with Gasteiger partial charge in [0.2, 0.25) is 0 Å². The molecule has 5 nitrogen and oxygen atoms in total. The molecule has 0 saturated heterocycles. The molecule has 1 heterocycles. The highest BCUT2D eigenvalue weighted by Gasteiger charge is 2.21. The monoisotopic (exact) mass is 218 g/mol. The second-order valence-electron chi connectivity index (χ2n) is 3.86. The van der Waals surface area contributed by atoms with Crippen LogP contribution in [0.5, 0.6) is 0 Å². The van der Waals surface area contributed by atoms with Gasteiger partial charge in [-0.3, -0.25) is 4.68 Å². The second-order valence-corrected chi connectivity index (χ2v) is 5.88. The third kappa shape index (κ3) is 2.13. The van der Waals surface area contributed by atoms with Gasteiger partial charge in [-0.2, -0.15) is 5.10 Å². The number of hydrogen-bond donors (Lipinski definition) is 1. The minimum atomic E-state index is -3.22. The van der Waals surface area contributed by atoms with Crippen molar-refractivity contribution < 1.29 is 13.5 Å². The van der Waals surface area contributed by atoms with E-state index < -0.39 is 15.4 Å². The van der Waals surface area contributed by atoms with Gasteiger partial charge in [-0.1, -0.05) is 0 Å². The van der Waals surface area contributed by atoms with Crippen molar-refractivity contribution in [3.63, 3.8) is 0 Å². The summed E-state index contributed by atoms with van der Waals surface area (Å²) in [6.45, 7) is 3.44. The first-order valence-corrected chi connectivity index (χ1v) is 6.02. The van der Waals surface area contributed by atoms with Crippen molar-refractivity contribution >= 4 is 9.84 Å². The number of rotatable bonds is 3. The van der Waals surface area contributed by atoms with Gasteiger partial charge >= 0.3 is 0 Å². The molecule has 0 saturated carbocycles. The van der Waals surface area contributed by atoms with E-state index in [1.54, 1.807) is 13.8 Å². The van der Waals surface area contributed by atoms with Gasteiger partial charge in [0.05, 0.1) is 18.3 Å². The molecule has 0 unspecified atom stereocenters. The molecule has 0 radical (unpaired) electrons. The van der Waals surface area contributed by atoms with Gasteiger partial charge in [-0.05, 0) is 13.8 Å². The number of sulfone groups is 1. The molecular weight excluding hydrogens is 204 g/mol. The molecule has 80 valence electrons. The molecule has 6 heteroatoms. The van der Waals surface area contributed by atoms with Gasteiger partial charge in [-0.25, -0.2) is 8.42 Å². The van der Waals surface area contributed by atoms with E-state index in [1.165, 1.54) is 17.1 Å². The van der Waals surface area contributed by atoms with Crippen molar-refractivity contribution in [2.24, 2.45) is 0 Å². The molecule has 0 spiro atoms. The van der Waals surface area contributed by atoms with Crippen molar-refractivity contribution in [3.8, 4) is 0 Å². The standard InChI is InChI=1S/C8H14N2O3S/c1-8(2,6-11)10-5-7(4-9-10)14(3,12)13/h4-5,11H,6H2,1-3H3. The fraction of sp³-hybridized carbons (Fsp3) is 0.625. The van der Waals surface area contributed by atoms with E-state index in [9.17, 15) is 8.42 Å². The molecule has 0 atom stereocenters. The molecule has 1 aromatic heterocycles. The maximum atomic E-state index is 11.1. The lowest BCUT2D eigenvalue weighted by molar-refractivity contribution is 0.152. The van der Waals surface area contributed by atoms with Crippen LogP contribution in [0.25, 0.3) is 0 Å². The van der Waals surface area contributed by atoms with E-state index in [1.807, 2.05) is 0 Å². The third-order valence-electron chi connectivity index (χ3n) is 1.99. The van der Waals surface area contributed by atoms with Crippen molar-refractivity contribution in [1.29, 1.82) is 0 Å². The largest absolute Gasteiger partial charge is 0.394 e. The zero-order valence-corrected chi connectivity index (χ0v) is 9.24. The lowest BCUT2D eigenvalue weighted by atomic mass is 10.1. The van der Waals surface area contributed by atoms with Crippen LogP contribution in [-0.4, -0.2) is 36.2 Å². The van der Waals surface area contributed by atoms with E-state index in [-0.39, 0.29) is 11.5 Å². The van der Waals surface area contributed by atoms with Crippen LogP contribution >= 0.6 is 0 Å². The van der Waals surface area contributed by atoms with Gasteiger partial charge in [0.25, 0.3) is 0 Å². The van der Waals surface area contributed by atoms with Crippen molar-refractivity contribution in [2.45, 2.75) is 24.3 Å². The topological polar surface area (TPSA) is 72.2 Å². The predicted molar refractivity (Wildman–Crippen MR) is 51.7 cm³/mol. The van der Waals surface area contributed by atoms with E-state index in [4.69, 9.17) is 5.11 Å². The number of hydrogen-bond acceptors (Lipinski definition) is 4. The van der Waals surface area contributed by atoms with Crippen LogP contribution in [0.2, 0.25) is 0 Å². The average molecular weight is 218 g/mol. The molecule has 0 aliphatic carbocycles. The number of aliphatic hydroxyl groups is 1. The van der Waals surface area contributed by atoms with Crippen LogP contribution in [0.4, 0.5) is 0 Å². The van der Waals surface area contributed by atoms with E-state index >= 15 is 0 Å². The van der Waals surface area contributed by atoms with Crippen LogP contribution in [0.15, 0.2) is 17.3 Å². The Balaban J connectivity index is 3.13. The fourth-order valence-corrected chi connectivity index (χ4v) is 1.43. The molecule has 0 aromatic carbocycles. The first-order chi connectivity index (χ1) is 6.27. The Morgan fingerprint density at radius 3 is 2.50 bits per heavy atom. The number of aromatic nitrogens is 2. The summed E-state index contributed by atoms with van der Waals surface area (Å²) >= 11 is 0. The Bertz CT molecular complexity index is 420. The van der Waals surface area contributed by atoms with Crippen molar-refractivity contribution in [3.05, 3.63) is 12.4 Å². The normalized spacial score (nSPS) is 13.1. The summed E-state index contributed by atoms with van der Waals surface area (Å²) in [5, 5.41) is 13.0. The van der Waals surface area contributed by atoms with Gasteiger partial charge in [0.15, 0.2) is 9.84 Å². The van der Waals surface area contributed by atoms with Gasteiger partial charge in [0.1, 0.15) is 4.90 Å². The summed E-state index contributed by atoms with van der Waals surface area (Å²) in [5.41, 5.74) is -0.580. The summed E-state index contributed by atoms with van der Waals surface area (Å²) in [5.74, 6) is 0. The maximum absolute atomic E-state index is 11.1. The Morgan fingerprint density at radius 2 is 2.14 bits per heavy atom. The van der Waals surface area contributed by atoms with Crippen LogP contribution < -0.4 is 0 Å². The Kier molecular flexibility index (Phi) is 2.69. The molecule has 0 bridgehead atoms. The van der Waals surface area contributed by atoms with E-state index in [0.29, 0.717) is 0 Å². The van der Waals surface area contributed by atoms with Crippen LogP contribution in [0, 0.1) is 0 Å². The molecule has 0 aliphatic heterocycles. The molecule has 0 fully saturated rings. The predicted octanol–water partition coefficient (Wildman–Crippen LogP) is 0.0140. The third-order valence-corrected chi connectivity index (χ3v) is 3.06. The smallest absolute Gasteiger partial charge is 0.178 e. The van der Waals surface area contributed by atoms with Gasteiger partial charge < -0.3 is 5.11 Å². The molecule has 14 heavy (non-hydrogen) atoms. The summed E-state index contributed by atoms with van der Waals surface area (Å²) in [4.78, 5) is 0.166. The molecule has 0 amide bonds. The number of aliphatic hydroxyl groups excluding tert-OH is 1. The van der Waals surface area contributed by atoms with Crippen LogP contribution in [-0.2, 0) is 15.4 Å². The van der Waals surface area contributed by atoms with E-state index in [2.05, 4.69) is 5.10 Å². The minimum Gasteiger partial charge on any atom is -0.394 e. The summed E-state index contributed by atoms with van der Waals surface area (Å²) in [7, 11) is -3.22. The lowest BCUT2D eigenvalue weighted by Gasteiger charge is -2.21. The Hall–Kier alpha value is -0.880. The van der Waals surface area contributed by atoms with Crippen molar-refractivity contribution in [1.82, 2.24) is 9.78 Å². The Morgan fingerprint density at radius 1 is 1.57 bits per heavy atom. The van der Waals surface area contributed by atoms with Gasteiger partial charge in [0, 0.05) is 12.5 Å². The highest BCUT2D eigenvalue weighted by atomic mass is 32.2. The highest BCUT2D eigenvalue weighted by Crippen LogP contribution is 2.15. The van der Waals surface area contributed by atoms with E-state index in [0.717, 1.165) is 6.26 Å². The fourth-order valence-electron chi connectivity index (χ4n) is 0.901. The molecule has 1 rings (SSSR count). The van der Waals surface area contributed by atoms with Crippen LogP contribution in [0.1, 0.15) is 13.8 Å². The second kappa shape index (κ2) is 3.36. The number of nitrogens with zero attached hydrogens (tertiary/aromatic N) is 2. The molecular formula is C8H14N2O3S. The summed E-state index contributed by atoms with van der Waals surface area (Å²) in [6, 6.07) is 0. The zero-order valence-electron chi connectivity index (χ0n) is 8.43. The average Bonchev–Trinajstić information content (AvgIpc) is 2.51. The quantitative estimate of drug-likeness (QED) is 0.776. The summed E-state index contributed by atoms with van der Waals surface area (Å²) in [6.07, 6.45) is 3.83. The Labute approximate surface area is 83.3 Å². The van der Waals surface area contributed by atoms with Gasteiger partial charge in [-0.15, -0.1) is 0 Å². The molecule has 1 N–H and O–H groups in total. The first kappa shape index (κ1) is 11.2. The minimum absolute atomic E-state index is 0.0993. The zero-order chi connectivity index (χ0) is 11.0. The highest BCUT2D eigenvalue weighted by molar-refractivity contribution is 7.90. The first-order valence-electron chi connectivity index (χ1n) is 4.13.